The zero-order valence-corrected chi connectivity index (χ0v) is 12.5. The van der Waals surface area contributed by atoms with E-state index in [1.807, 2.05) is 0 Å². The summed E-state index contributed by atoms with van der Waals surface area (Å²) in [5.74, 6) is 0.799. The molecule has 0 aliphatic carbocycles. The van der Waals surface area contributed by atoms with Crippen molar-refractivity contribution < 1.29 is 0 Å². The van der Waals surface area contributed by atoms with Crippen molar-refractivity contribution in [1.82, 2.24) is 9.97 Å². The highest BCUT2D eigenvalue weighted by atomic mass is 15.1. The van der Waals surface area contributed by atoms with Crippen LogP contribution in [0.5, 0.6) is 0 Å². The van der Waals surface area contributed by atoms with Gasteiger partial charge < -0.3 is 10.2 Å². The molecule has 0 saturated carbocycles. The highest BCUT2D eigenvalue weighted by molar-refractivity contribution is 5.55. The second kappa shape index (κ2) is 6.57. The molecule has 1 fully saturated rings. The normalized spacial score (nSPS) is 18.5. The van der Waals surface area contributed by atoms with Crippen molar-refractivity contribution >= 4 is 11.4 Å². The van der Waals surface area contributed by atoms with Crippen molar-refractivity contribution in [2.45, 2.75) is 26.3 Å². The molecule has 1 unspecified atom stereocenters. The lowest BCUT2D eigenvalue weighted by atomic mass is 10.00. The first-order chi connectivity index (χ1) is 10.3. The van der Waals surface area contributed by atoms with Gasteiger partial charge in [0, 0.05) is 36.9 Å². The maximum atomic E-state index is 4.26. The van der Waals surface area contributed by atoms with E-state index in [1.165, 1.54) is 31.6 Å². The molecule has 1 atom stereocenters. The van der Waals surface area contributed by atoms with Crippen molar-refractivity contribution in [3.05, 3.63) is 48.5 Å². The third-order valence-electron chi connectivity index (χ3n) is 3.98. The molecule has 0 radical (unpaired) electrons. The van der Waals surface area contributed by atoms with Crippen LogP contribution in [0.4, 0.5) is 11.4 Å². The fourth-order valence-electron chi connectivity index (χ4n) is 2.83. The van der Waals surface area contributed by atoms with Crippen LogP contribution in [0.15, 0.2) is 42.9 Å². The van der Waals surface area contributed by atoms with Crippen molar-refractivity contribution in [3.63, 3.8) is 0 Å². The van der Waals surface area contributed by atoms with Gasteiger partial charge in [0.2, 0.25) is 0 Å². The van der Waals surface area contributed by atoms with Crippen LogP contribution < -0.4 is 10.2 Å². The Morgan fingerprint density at radius 2 is 2.10 bits per heavy atom. The van der Waals surface area contributed by atoms with E-state index in [0.717, 1.165) is 17.3 Å². The molecular weight excluding hydrogens is 260 g/mol. The Hall–Kier alpha value is -2.10. The van der Waals surface area contributed by atoms with Gasteiger partial charge in [-0.25, -0.2) is 0 Å². The smallest absolute Gasteiger partial charge is 0.0777 e. The van der Waals surface area contributed by atoms with Gasteiger partial charge in [-0.2, -0.15) is 0 Å². The van der Waals surface area contributed by atoms with Gasteiger partial charge >= 0.3 is 0 Å². The van der Waals surface area contributed by atoms with Gasteiger partial charge in [-0.3, -0.25) is 9.97 Å². The van der Waals surface area contributed by atoms with Crippen LogP contribution in [0.2, 0.25) is 0 Å². The molecule has 1 aromatic carbocycles. The Balaban J connectivity index is 1.59. The van der Waals surface area contributed by atoms with E-state index in [2.05, 4.69) is 51.4 Å². The topological polar surface area (TPSA) is 41.0 Å². The third-order valence-corrected chi connectivity index (χ3v) is 3.98. The number of aromatic nitrogens is 2. The summed E-state index contributed by atoms with van der Waals surface area (Å²) >= 11 is 0. The standard InChI is InChI=1S/C17H22N4/c1-14-3-2-10-21(13-14)17-6-4-15(5-7-17)20-12-16-11-18-8-9-19-16/h4-9,11,14,20H,2-3,10,12-13H2,1H3. The Morgan fingerprint density at radius 1 is 1.24 bits per heavy atom. The van der Waals surface area contributed by atoms with E-state index in [4.69, 9.17) is 0 Å². The van der Waals surface area contributed by atoms with Gasteiger partial charge in [0.1, 0.15) is 0 Å². The molecule has 1 N–H and O–H groups in total. The SMILES string of the molecule is CC1CCCN(c2ccc(NCc3cnccn3)cc2)C1. The maximum absolute atomic E-state index is 4.26. The minimum atomic E-state index is 0.702. The zero-order valence-electron chi connectivity index (χ0n) is 12.5. The first-order valence-corrected chi connectivity index (χ1v) is 7.65. The monoisotopic (exact) mass is 282 g/mol. The number of hydrogen-bond acceptors (Lipinski definition) is 4. The Labute approximate surface area is 126 Å². The van der Waals surface area contributed by atoms with Gasteiger partial charge in [-0.15, -0.1) is 0 Å². The Bertz CT molecular complexity index is 553. The highest BCUT2D eigenvalue weighted by Gasteiger charge is 2.16. The predicted molar refractivity (Wildman–Crippen MR) is 86.4 cm³/mol. The quantitative estimate of drug-likeness (QED) is 0.934. The minimum absolute atomic E-state index is 0.702. The van der Waals surface area contributed by atoms with Gasteiger partial charge in [-0.05, 0) is 43.0 Å². The second-order valence-electron chi connectivity index (χ2n) is 5.79. The largest absolute Gasteiger partial charge is 0.379 e. The van der Waals surface area contributed by atoms with E-state index < -0.39 is 0 Å². The average Bonchev–Trinajstić information content (AvgIpc) is 2.54. The lowest BCUT2D eigenvalue weighted by Crippen LogP contribution is -2.34. The predicted octanol–water partition coefficient (Wildman–Crippen LogP) is 3.33. The summed E-state index contributed by atoms with van der Waals surface area (Å²) in [5, 5.41) is 3.38. The molecule has 1 aromatic heterocycles. The summed E-state index contributed by atoms with van der Waals surface area (Å²) in [4.78, 5) is 10.8. The first kappa shape index (κ1) is 13.9. The number of anilines is 2. The summed E-state index contributed by atoms with van der Waals surface area (Å²) in [5.41, 5.74) is 3.40. The van der Waals surface area contributed by atoms with E-state index in [-0.39, 0.29) is 0 Å². The van der Waals surface area contributed by atoms with E-state index in [0.29, 0.717) is 6.54 Å². The molecule has 0 amide bonds. The molecule has 1 aliphatic rings. The molecule has 1 saturated heterocycles. The fourth-order valence-corrected chi connectivity index (χ4v) is 2.83. The lowest BCUT2D eigenvalue weighted by molar-refractivity contribution is 0.447. The first-order valence-electron chi connectivity index (χ1n) is 7.65. The fraction of sp³-hybridized carbons (Fsp3) is 0.412. The molecular formula is C17H22N4. The molecule has 2 aromatic rings. The molecule has 4 heteroatoms. The van der Waals surface area contributed by atoms with Gasteiger partial charge in [-0.1, -0.05) is 6.92 Å². The van der Waals surface area contributed by atoms with Gasteiger partial charge in [0.25, 0.3) is 0 Å². The Morgan fingerprint density at radius 3 is 2.81 bits per heavy atom. The molecule has 1 aliphatic heterocycles. The van der Waals surface area contributed by atoms with Crippen molar-refractivity contribution in [3.8, 4) is 0 Å². The number of hydrogen-bond donors (Lipinski definition) is 1. The second-order valence-corrected chi connectivity index (χ2v) is 5.79. The van der Waals surface area contributed by atoms with Crippen molar-refractivity contribution in [2.75, 3.05) is 23.3 Å². The minimum Gasteiger partial charge on any atom is -0.379 e. The van der Waals surface area contributed by atoms with Crippen molar-refractivity contribution in [1.29, 1.82) is 0 Å². The van der Waals surface area contributed by atoms with Gasteiger partial charge in [0.15, 0.2) is 0 Å². The van der Waals surface area contributed by atoms with Crippen LogP contribution in [-0.2, 0) is 6.54 Å². The number of nitrogens with one attached hydrogen (secondary N) is 1. The lowest BCUT2D eigenvalue weighted by Gasteiger charge is -2.32. The molecule has 4 nitrogen and oxygen atoms in total. The summed E-state index contributed by atoms with van der Waals surface area (Å²) in [6.45, 7) is 5.39. The number of nitrogens with zero attached hydrogens (tertiary/aromatic N) is 3. The number of rotatable bonds is 4. The molecule has 3 rings (SSSR count). The van der Waals surface area contributed by atoms with Crippen LogP contribution in [0.25, 0.3) is 0 Å². The summed E-state index contributed by atoms with van der Waals surface area (Å²) in [6, 6.07) is 8.70. The summed E-state index contributed by atoms with van der Waals surface area (Å²) in [7, 11) is 0. The Kier molecular flexibility index (Phi) is 4.34. The molecule has 21 heavy (non-hydrogen) atoms. The maximum Gasteiger partial charge on any atom is 0.0777 e. The zero-order chi connectivity index (χ0) is 14.5. The molecule has 0 bridgehead atoms. The summed E-state index contributed by atoms with van der Waals surface area (Å²) in [6.07, 6.45) is 7.86. The van der Waals surface area contributed by atoms with E-state index in [9.17, 15) is 0 Å². The molecule has 110 valence electrons. The van der Waals surface area contributed by atoms with Crippen molar-refractivity contribution in [2.24, 2.45) is 5.92 Å². The average molecular weight is 282 g/mol. The number of piperidine rings is 1. The third kappa shape index (κ3) is 3.72. The van der Waals surface area contributed by atoms with Crippen LogP contribution in [0, 0.1) is 5.92 Å². The van der Waals surface area contributed by atoms with Crippen LogP contribution >= 0.6 is 0 Å². The van der Waals surface area contributed by atoms with Crippen LogP contribution in [-0.4, -0.2) is 23.1 Å². The summed E-state index contributed by atoms with van der Waals surface area (Å²) < 4.78 is 0. The number of benzene rings is 1. The molecule has 2 heterocycles. The van der Waals surface area contributed by atoms with Crippen LogP contribution in [0.1, 0.15) is 25.5 Å². The van der Waals surface area contributed by atoms with E-state index >= 15 is 0 Å². The van der Waals surface area contributed by atoms with Crippen LogP contribution in [0.3, 0.4) is 0 Å². The molecule has 0 spiro atoms. The highest BCUT2D eigenvalue weighted by Crippen LogP contribution is 2.24. The van der Waals surface area contributed by atoms with Gasteiger partial charge in [0.05, 0.1) is 18.4 Å². The van der Waals surface area contributed by atoms with E-state index in [1.54, 1.807) is 18.6 Å².